The van der Waals surface area contributed by atoms with Gasteiger partial charge in [-0.05, 0) is 24.6 Å². The first-order chi connectivity index (χ1) is 6.77. The van der Waals surface area contributed by atoms with Gasteiger partial charge in [-0.25, -0.2) is 0 Å². The molecule has 2 heteroatoms. The highest BCUT2D eigenvalue weighted by molar-refractivity contribution is 5.29. The van der Waals surface area contributed by atoms with Crippen LogP contribution < -0.4 is 5.73 Å². The molecule has 0 amide bonds. The van der Waals surface area contributed by atoms with Crippen LogP contribution in [-0.4, -0.2) is 0 Å². The maximum absolute atomic E-state index is 6.04. The van der Waals surface area contributed by atoms with Gasteiger partial charge in [0.2, 0.25) is 0 Å². The van der Waals surface area contributed by atoms with Crippen LogP contribution >= 0.6 is 0 Å². The molecular formula is C12H13NO. The van der Waals surface area contributed by atoms with E-state index in [-0.39, 0.29) is 6.04 Å². The predicted octanol–water partition coefficient (Wildman–Crippen LogP) is 2.64. The highest BCUT2D eigenvalue weighted by Crippen LogP contribution is 2.20. The second-order valence-corrected chi connectivity index (χ2v) is 3.41. The quantitative estimate of drug-likeness (QED) is 0.785. The van der Waals surface area contributed by atoms with Gasteiger partial charge in [0, 0.05) is 0 Å². The summed E-state index contributed by atoms with van der Waals surface area (Å²) in [6.45, 7) is 2.05. The summed E-state index contributed by atoms with van der Waals surface area (Å²) in [5, 5.41) is 0. The third-order valence-electron chi connectivity index (χ3n) is 2.25. The Bertz CT molecular complexity index is 406. The summed E-state index contributed by atoms with van der Waals surface area (Å²) in [6, 6.07) is 11.7. The molecule has 72 valence electrons. The zero-order valence-electron chi connectivity index (χ0n) is 8.10. The minimum absolute atomic E-state index is 0.162. The first kappa shape index (κ1) is 9.03. The van der Waals surface area contributed by atoms with Crippen molar-refractivity contribution in [3.05, 3.63) is 59.5 Å². The van der Waals surface area contributed by atoms with Gasteiger partial charge in [-0.2, -0.15) is 0 Å². The van der Waals surface area contributed by atoms with Crippen LogP contribution in [-0.2, 0) is 0 Å². The van der Waals surface area contributed by atoms with Crippen LogP contribution in [0.15, 0.2) is 47.1 Å². The van der Waals surface area contributed by atoms with Crippen molar-refractivity contribution in [1.82, 2.24) is 0 Å². The molecule has 2 nitrogen and oxygen atoms in total. The predicted molar refractivity (Wildman–Crippen MR) is 55.9 cm³/mol. The molecule has 0 fully saturated rings. The van der Waals surface area contributed by atoms with E-state index in [1.54, 1.807) is 6.26 Å². The monoisotopic (exact) mass is 187 g/mol. The van der Waals surface area contributed by atoms with Gasteiger partial charge >= 0.3 is 0 Å². The maximum Gasteiger partial charge on any atom is 0.124 e. The van der Waals surface area contributed by atoms with Crippen molar-refractivity contribution >= 4 is 0 Å². The lowest BCUT2D eigenvalue weighted by atomic mass is 10.0. The summed E-state index contributed by atoms with van der Waals surface area (Å²) in [7, 11) is 0. The smallest absolute Gasteiger partial charge is 0.124 e. The van der Waals surface area contributed by atoms with Crippen molar-refractivity contribution in [3.8, 4) is 0 Å². The van der Waals surface area contributed by atoms with E-state index < -0.39 is 0 Å². The zero-order valence-corrected chi connectivity index (χ0v) is 8.10. The lowest BCUT2D eigenvalue weighted by Gasteiger charge is -2.09. The van der Waals surface area contributed by atoms with E-state index in [2.05, 4.69) is 19.1 Å². The Kier molecular flexibility index (Phi) is 2.37. The number of nitrogens with two attached hydrogens (primary N) is 1. The molecule has 1 heterocycles. The summed E-state index contributed by atoms with van der Waals surface area (Å²) in [5.74, 6) is 0.801. The van der Waals surface area contributed by atoms with Gasteiger partial charge in [0.1, 0.15) is 5.76 Å². The van der Waals surface area contributed by atoms with Crippen LogP contribution in [0.25, 0.3) is 0 Å². The highest BCUT2D eigenvalue weighted by Gasteiger charge is 2.10. The van der Waals surface area contributed by atoms with Crippen molar-refractivity contribution < 1.29 is 4.42 Å². The molecule has 0 saturated heterocycles. The van der Waals surface area contributed by atoms with Gasteiger partial charge in [0.25, 0.3) is 0 Å². The van der Waals surface area contributed by atoms with Crippen LogP contribution in [0, 0.1) is 6.92 Å². The number of benzene rings is 1. The van der Waals surface area contributed by atoms with E-state index in [4.69, 9.17) is 10.2 Å². The SMILES string of the molecule is Cc1cccc(C(N)c2ccco2)c1. The Hall–Kier alpha value is -1.54. The third-order valence-corrected chi connectivity index (χ3v) is 2.25. The molecule has 0 bridgehead atoms. The van der Waals surface area contributed by atoms with Gasteiger partial charge in [-0.15, -0.1) is 0 Å². The van der Waals surface area contributed by atoms with Gasteiger partial charge in [0.15, 0.2) is 0 Å². The number of rotatable bonds is 2. The topological polar surface area (TPSA) is 39.2 Å². The lowest BCUT2D eigenvalue weighted by molar-refractivity contribution is 0.490. The van der Waals surface area contributed by atoms with Crippen molar-refractivity contribution in [3.63, 3.8) is 0 Å². The van der Waals surface area contributed by atoms with Gasteiger partial charge in [0.05, 0.1) is 12.3 Å². The Morgan fingerprint density at radius 3 is 2.71 bits per heavy atom. The van der Waals surface area contributed by atoms with Gasteiger partial charge < -0.3 is 10.2 Å². The fourth-order valence-electron chi connectivity index (χ4n) is 1.50. The highest BCUT2D eigenvalue weighted by atomic mass is 16.3. The molecule has 0 aliphatic heterocycles. The zero-order chi connectivity index (χ0) is 9.97. The summed E-state index contributed by atoms with van der Waals surface area (Å²) in [4.78, 5) is 0. The molecule has 0 spiro atoms. The number of aryl methyl sites for hydroxylation is 1. The molecule has 1 unspecified atom stereocenters. The lowest BCUT2D eigenvalue weighted by Crippen LogP contribution is -2.10. The minimum Gasteiger partial charge on any atom is -0.467 e. The second kappa shape index (κ2) is 3.68. The van der Waals surface area contributed by atoms with Gasteiger partial charge in [-0.3, -0.25) is 0 Å². The standard InChI is InChI=1S/C12H13NO/c1-9-4-2-5-10(8-9)12(13)11-6-3-7-14-11/h2-8,12H,13H2,1H3. The van der Waals surface area contributed by atoms with Crippen LogP contribution in [0.3, 0.4) is 0 Å². The average molecular weight is 187 g/mol. The molecule has 0 aliphatic carbocycles. The van der Waals surface area contributed by atoms with Crippen molar-refractivity contribution in [1.29, 1.82) is 0 Å². The molecule has 1 aromatic heterocycles. The average Bonchev–Trinajstić information content (AvgIpc) is 2.69. The molecule has 2 rings (SSSR count). The third kappa shape index (κ3) is 1.70. The summed E-state index contributed by atoms with van der Waals surface area (Å²) >= 11 is 0. The molecule has 1 atom stereocenters. The summed E-state index contributed by atoms with van der Waals surface area (Å²) in [5.41, 5.74) is 8.33. The Morgan fingerprint density at radius 1 is 1.21 bits per heavy atom. The van der Waals surface area contributed by atoms with Crippen LogP contribution in [0.1, 0.15) is 22.9 Å². The molecule has 0 radical (unpaired) electrons. The minimum atomic E-state index is -0.162. The fraction of sp³-hybridized carbons (Fsp3) is 0.167. The van der Waals surface area contributed by atoms with Crippen LogP contribution in [0.4, 0.5) is 0 Å². The Labute approximate surface area is 83.4 Å². The van der Waals surface area contributed by atoms with E-state index in [1.165, 1.54) is 5.56 Å². The summed E-state index contributed by atoms with van der Waals surface area (Å²) < 4.78 is 5.26. The van der Waals surface area contributed by atoms with Crippen LogP contribution in [0.5, 0.6) is 0 Å². The first-order valence-corrected chi connectivity index (χ1v) is 4.63. The van der Waals surface area contributed by atoms with E-state index in [1.807, 2.05) is 24.3 Å². The number of hydrogen-bond donors (Lipinski definition) is 1. The Morgan fingerprint density at radius 2 is 2.07 bits per heavy atom. The molecule has 0 aliphatic rings. The molecule has 2 N–H and O–H groups in total. The van der Waals surface area contributed by atoms with E-state index in [9.17, 15) is 0 Å². The maximum atomic E-state index is 6.04. The molecule has 14 heavy (non-hydrogen) atoms. The van der Waals surface area contributed by atoms with Gasteiger partial charge in [-0.1, -0.05) is 29.8 Å². The van der Waals surface area contributed by atoms with E-state index in [0.29, 0.717) is 0 Å². The molecule has 0 saturated carbocycles. The van der Waals surface area contributed by atoms with E-state index >= 15 is 0 Å². The number of furan rings is 1. The number of hydrogen-bond acceptors (Lipinski definition) is 2. The summed E-state index contributed by atoms with van der Waals surface area (Å²) in [6.07, 6.45) is 1.64. The van der Waals surface area contributed by atoms with E-state index in [0.717, 1.165) is 11.3 Å². The Balaban J connectivity index is 2.32. The molecule has 2 aromatic rings. The van der Waals surface area contributed by atoms with Crippen molar-refractivity contribution in [2.24, 2.45) is 5.73 Å². The molecular weight excluding hydrogens is 174 g/mol. The first-order valence-electron chi connectivity index (χ1n) is 4.63. The van der Waals surface area contributed by atoms with Crippen molar-refractivity contribution in [2.75, 3.05) is 0 Å². The second-order valence-electron chi connectivity index (χ2n) is 3.41. The van der Waals surface area contributed by atoms with Crippen molar-refractivity contribution in [2.45, 2.75) is 13.0 Å². The normalized spacial score (nSPS) is 12.7. The fourth-order valence-corrected chi connectivity index (χ4v) is 1.50. The largest absolute Gasteiger partial charge is 0.467 e. The molecule has 1 aromatic carbocycles. The van der Waals surface area contributed by atoms with Crippen LogP contribution in [0.2, 0.25) is 0 Å².